The van der Waals surface area contributed by atoms with Gasteiger partial charge in [-0.25, -0.2) is 0 Å². The van der Waals surface area contributed by atoms with Crippen molar-refractivity contribution in [3.8, 4) is 5.75 Å². The number of rotatable bonds is 4. The number of H-pyrrole nitrogens is 1. The van der Waals surface area contributed by atoms with Crippen LogP contribution in [-0.2, 0) is 4.79 Å². The maximum absolute atomic E-state index is 12.0. The number of carbonyl (C=O) groups is 1. The zero-order chi connectivity index (χ0) is 15.4. The van der Waals surface area contributed by atoms with Gasteiger partial charge >= 0.3 is 0 Å². The average molecular weight is 292 g/mol. The number of amides is 1. The quantitative estimate of drug-likeness (QED) is 0.718. The van der Waals surface area contributed by atoms with Gasteiger partial charge in [0.1, 0.15) is 5.75 Å². The third-order valence-corrected chi connectivity index (χ3v) is 3.37. The molecule has 1 amide bonds. The summed E-state index contributed by atoms with van der Waals surface area (Å²) in [4.78, 5) is 15.2. The van der Waals surface area contributed by atoms with Gasteiger partial charge in [-0.1, -0.05) is 24.3 Å². The molecule has 0 unspecified atom stereocenters. The fourth-order valence-corrected chi connectivity index (χ4v) is 2.28. The van der Waals surface area contributed by atoms with Crippen molar-refractivity contribution in [1.82, 2.24) is 4.98 Å². The van der Waals surface area contributed by atoms with Gasteiger partial charge in [0, 0.05) is 34.9 Å². The van der Waals surface area contributed by atoms with Crippen LogP contribution in [0.15, 0.2) is 60.8 Å². The molecule has 0 fully saturated rings. The number of nitrogens with one attached hydrogen (secondary N) is 2. The predicted molar refractivity (Wildman–Crippen MR) is 89.0 cm³/mol. The summed E-state index contributed by atoms with van der Waals surface area (Å²) in [7, 11) is 1.60. The number of aromatic nitrogens is 1. The van der Waals surface area contributed by atoms with Crippen LogP contribution in [-0.4, -0.2) is 18.0 Å². The van der Waals surface area contributed by atoms with Crippen LogP contribution in [0.25, 0.3) is 17.0 Å². The monoisotopic (exact) mass is 292 g/mol. The van der Waals surface area contributed by atoms with Gasteiger partial charge in [-0.15, -0.1) is 0 Å². The number of carbonyl (C=O) groups excluding carboxylic acids is 1. The maximum atomic E-state index is 12.0. The third-order valence-electron chi connectivity index (χ3n) is 3.37. The van der Waals surface area contributed by atoms with Gasteiger partial charge in [0.2, 0.25) is 5.91 Å². The van der Waals surface area contributed by atoms with Gasteiger partial charge in [0.05, 0.1) is 7.11 Å². The first-order valence-corrected chi connectivity index (χ1v) is 6.95. The van der Waals surface area contributed by atoms with Crippen molar-refractivity contribution in [2.24, 2.45) is 0 Å². The molecule has 1 aromatic heterocycles. The van der Waals surface area contributed by atoms with Crippen LogP contribution in [0, 0.1) is 0 Å². The number of benzene rings is 2. The summed E-state index contributed by atoms with van der Waals surface area (Å²) < 4.78 is 5.13. The number of para-hydroxylation sites is 1. The number of methoxy groups -OCH3 is 1. The Labute approximate surface area is 128 Å². The summed E-state index contributed by atoms with van der Waals surface area (Å²) in [6.07, 6.45) is 5.21. The maximum Gasteiger partial charge on any atom is 0.248 e. The molecule has 0 aliphatic heterocycles. The Hall–Kier alpha value is -3.01. The van der Waals surface area contributed by atoms with Crippen molar-refractivity contribution < 1.29 is 9.53 Å². The molecule has 110 valence electrons. The number of hydrogen-bond donors (Lipinski definition) is 2. The van der Waals surface area contributed by atoms with E-state index >= 15 is 0 Å². The van der Waals surface area contributed by atoms with Crippen LogP contribution in [0.4, 0.5) is 5.69 Å². The molecule has 0 bridgehead atoms. The van der Waals surface area contributed by atoms with Gasteiger partial charge in [0.25, 0.3) is 0 Å². The van der Waals surface area contributed by atoms with Crippen molar-refractivity contribution in [1.29, 1.82) is 0 Å². The highest BCUT2D eigenvalue weighted by Crippen LogP contribution is 2.19. The zero-order valence-corrected chi connectivity index (χ0v) is 12.2. The number of aromatic amines is 1. The van der Waals surface area contributed by atoms with E-state index in [4.69, 9.17) is 4.74 Å². The van der Waals surface area contributed by atoms with E-state index in [0.29, 0.717) is 11.4 Å². The predicted octanol–water partition coefficient (Wildman–Crippen LogP) is 3.83. The molecule has 3 aromatic rings. The molecule has 0 spiro atoms. The fraction of sp³-hybridized carbons (Fsp3) is 0.0556. The molecule has 4 heteroatoms. The molecular formula is C18H16N2O2. The van der Waals surface area contributed by atoms with Crippen LogP contribution in [0.5, 0.6) is 5.75 Å². The molecule has 2 N–H and O–H groups in total. The van der Waals surface area contributed by atoms with Crippen LogP contribution < -0.4 is 10.1 Å². The summed E-state index contributed by atoms with van der Waals surface area (Å²) in [6, 6.07) is 15.2. The number of fused-ring (bicyclic) bond motifs is 1. The minimum atomic E-state index is -0.182. The Bertz CT molecular complexity index is 834. The molecule has 0 radical (unpaired) electrons. The molecule has 2 aromatic carbocycles. The lowest BCUT2D eigenvalue weighted by atomic mass is 10.1. The molecule has 0 atom stereocenters. The van der Waals surface area contributed by atoms with Crippen LogP contribution >= 0.6 is 0 Å². The van der Waals surface area contributed by atoms with Crippen molar-refractivity contribution in [3.05, 3.63) is 66.4 Å². The van der Waals surface area contributed by atoms with E-state index in [0.717, 1.165) is 16.5 Å². The largest absolute Gasteiger partial charge is 0.497 e. The van der Waals surface area contributed by atoms with Crippen molar-refractivity contribution in [3.63, 3.8) is 0 Å². The highest BCUT2D eigenvalue weighted by atomic mass is 16.5. The first kappa shape index (κ1) is 13.9. The number of anilines is 1. The fourth-order valence-electron chi connectivity index (χ4n) is 2.28. The van der Waals surface area contributed by atoms with Crippen LogP contribution in [0.3, 0.4) is 0 Å². The van der Waals surface area contributed by atoms with E-state index < -0.39 is 0 Å². The van der Waals surface area contributed by atoms with Crippen molar-refractivity contribution in [2.75, 3.05) is 12.4 Å². The van der Waals surface area contributed by atoms with Gasteiger partial charge in [-0.3, -0.25) is 4.79 Å². The van der Waals surface area contributed by atoms with E-state index in [1.54, 1.807) is 19.3 Å². The molecule has 1 heterocycles. The van der Waals surface area contributed by atoms with Crippen LogP contribution in [0.1, 0.15) is 5.56 Å². The van der Waals surface area contributed by atoms with Gasteiger partial charge in [-0.05, 0) is 29.8 Å². The smallest absolute Gasteiger partial charge is 0.248 e. The topological polar surface area (TPSA) is 54.1 Å². The SMILES string of the molecule is COc1cccc(NC(=O)/C=C/c2c[nH]c3ccccc23)c1. The normalized spacial score (nSPS) is 11.0. The number of hydrogen-bond acceptors (Lipinski definition) is 2. The Morgan fingerprint density at radius 3 is 2.91 bits per heavy atom. The summed E-state index contributed by atoms with van der Waals surface area (Å²) in [5, 5.41) is 3.90. The lowest BCUT2D eigenvalue weighted by Crippen LogP contribution is -2.07. The number of ether oxygens (including phenoxy) is 1. The summed E-state index contributed by atoms with van der Waals surface area (Å²) >= 11 is 0. The molecule has 0 aliphatic rings. The van der Waals surface area contributed by atoms with E-state index in [2.05, 4.69) is 10.3 Å². The zero-order valence-electron chi connectivity index (χ0n) is 12.2. The average Bonchev–Trinajstić information content (AvgIpc) is 2.96. The molecule has 0 saturated heterocycles. The standard InChI is InChI=1S/C18H16N2O2/c1-22-15-6-4-5-14(11-15)20-18(21)10-9-13-12-19-17-8-3-2-7-16(13)17/h2-12,19H,1H3,(H,20,21)/b10-9+. The lowest BCUT2D eigenvalue weighted by Gasteiger charge is -2.04. The van der Waals surface area contributed by atoms with Crippen LogP contribution in [0.2, 0.25) is 0 Å². The molecule has 0 saturated carbocycles. The molecule has 3 rings (SSSR count). The van der Waals surface area contributed by atoms with Crippen molar-refractivity contribution >= 4 is 28.6 Å². The minimum absolute atomic E-state index is 0.182. The highest BCUT2D eigenvalue weighted by Gasteiger charge is 2.02. The first-order chi connectivity index (χ1) is 10.8. The third kappa shape index (κ3) is 3.01. The van der Waals surface area contributed by atoms with E-state index in [-0.39, 0.29) is 5.91 Å². The molecule has 0 aliphatic carbocycles. The second-order valence-electron chi connectivity index (χ2n) is 4.84. The Morgan fingerprint density at radius 2 is 2.05 bits per heavy atom. The minimum Gasteiger partial charge on any atom is -0.497 e. The lowest BCUT2D eigenvalue weighted by molar-refractivity contribution is -0.111. The Balaban J connectivity index is 1.73. The van der Waals surface area contributed by atoms with E-state index in [9.17, 15) is 4.79 Å². The van der Waals surface area contributed by atoms with Gasteiger partial charge in [-0.2, -0.15) is 0 Å². The molecule has 4 nitrogen and oxygen atoms in total. The Morgan fingerprint density at radius 1 is 1.18 bits per heavy atom. The van der Waals surface area contributed by atoms with E-state index in [1.807, 2.05) is 48.7 Å². The first-order valence-electron chi connectivity index (χ1n) is 6.95. The molecular weight excluding hydrogens is 276 g/mol. The van der Waals surface area contributed by atoms with Crippen molar-refractivity contribution in [2.45, 2.75) is 0 Å². The summed E-state index contributed by atoms with van der Waals surface area (Å²) in [5.41, 5.74) is 2.74. The summed E-state index contributed by atoms with van der Waals surface area (Å²) in [6.45, 7) is 0. The second kappa shape index (κ2) is 6.18. The Kier molecular flexibility index (Phi) is 3.92. The van der Waals surface area contributed by atoms with Gasteiger partial charge in [0.15, 0.2) is 0 Å². The second-order valence-corrected chi connectivity index (χ2v) is 4.84. The highest BCUT2D eigenvalue weighted by molar-refractivity contribution is 6.03. The van der Waals surface area contributed by atoms with Gasteiger partial charge < -0.3 is 15.0 Å². The van der Waals surface area contributed by atoms with E-state index in [1.165, 1.54) is 6.08 Å². The summed E-state index contributed by atoms with van der Waals surface area (Å²) in [5.74, 6) is 0.525. The molecule has 22 heavy (non-hydrogen) atoms.